The Kier molecular flexibility index (Phi) is 43.1. The van der Waals surface area contributed by atoms with E-state index in [0.29, 0.717) is 6.42 Å². The molecule has 0 spiro atoms. The molecule has 0 aromatic carbocycles. The molecule has 4 N–H and O–H groups in total. The zero-order chi connectivity index (χ0) is 18.5. The second-order valence-corrected chi connectivity index (χ2v) is 6.90. The van der Waals surface area contributed by atoms with Gasteiger partial charge in [0.15, 0.2) is 0 Å². The minimum atomic E-state index is -2.62. The Bertz CT molecular complexity index is 259. The number of rotatable bonds is 16. The summed E-state index contributed by atoms with van der Waals surface area (Å²) in [5, 5.41) is 8.52. The van der Waals surface area contributed by atoms with Crippen LogP contribution >= 0.6 is 8.60 Å². The fourth-order valence-electron chi connectivity index (χ4n) is 2.65. The van der Waals surface area contributed by atoms with Crippen LogP contribution in [0.3, 0.4) is 0 Å². The Labute approximate surface area is 211 Å². The molecule has 2 radical (unpaired) electrons. The third-order valence-electron chi connectivity index (χ3n) is 3.99. The summed E-state index contributed by atoms with van der Waals surface area (Å²) in [6.07, 6.45) is 20.2. The Morgan fingerprint density at radius 1 is 0.654 bits per heavy atom. The van der Waals surface area contributed by atoms with Gasteiger partial charge in [0, 0.05) is 6.42 Å². The molecular weight excluding hydrogens is 574 g/mol. The first-order valence-corrected chi connectivity index (χ1v) is 10.8. The van der Waals surface area contributed by atoms with Crippen LogP contribution in [0, 0.1) is 0 Å². The van der Waals surface area contributed by atoms with Crippen LogP contribution in [0.15, 0.2) is 0 Å². The number of carboxylic acid groups (broad SMARTS) is 1. The van der Waals surface area contributed by atoms with Crippen molar-refractivity contribution < 1.29 is 24.6 Å². The maximum atomic E-state index is 10.3. The summed E-state index contributed by atoms with van der Waals surface area (Å²) in [5.74, 6) is -0.653. The molecule has 0 atom stereocenters. The third kappa shape index (κ3) is 45.0. The number of aliphatic carboxylic acids is 1. The van der Waals surface area contributed by atoms with Crippen LogP contribution in [-0.4, -0.2) is 90.8 Å². The van der Waals surface area contributed by atoms with Gasteiger partial charge in [0.25, 0.3) is 0 Å². The van der Waals surface area contributed by atoms with E-state index in [1.54, 1.807) is 0 Å². The predicted octanol–water partition coefficient (Wildman–Crippen LogP) is 3.69. The molecule has 0 aliphatic carbocycles. The topological polar surface area (TPSA) is 98.0 Å². The number of carboxylic acids is 1. The summed E-state index contributed by atoms with van der Waals surface area (Å²) in [4.78, 5) is 32.0. The van der Waals surface area contributed by atoms with E-state index < -0.39 is 14.6 Å². The standard InChI is InChI=1S/C18H36O2.Ca.H3O3P.Pb.4H/c1-2-3-4-5-6-7-8-9-10-11-12-13-14-15-16-17-18(19)20;;1-4(2)3;;;;;/h2-17H2,1H3,(H,19,20);;1-3H;;;;;. The first kappa shape index (κ1) is 35.4. The fraction of sp³-hybridized carbons (Fsp3) is 0.944. The van der Waals surface area contributed by atoms with Crippen LogP contribution in [0.4, 0.5) is 0 Å². The molecule has 0 amide bonds. The van der Waals surface area contributed by atoms with Gasteiger partial charge in [-0.2, -0.15) is 0 Å². The predicted molar refractivity (Wildman–Crippen MR) is 118 cm³/mol. The second-order valence-electron chi connectivity index (χ2n) is 6.36. The molecule has 0 aliphatic rings. The van der Waals surface area contributed by atoms with Crippen LogP contribution in [0.1, 0.15) is 110 Å². The number of hydrogen-bond donors (Lipinski definition) is 4. The Morgan fingerprint density at radius 2 is 0.885 bits per heavy atom. The van der Waals surface area contributed by atoms with Crippen molar-refractivity contribution >= 4 is 79.6 Å². The molecule has 0 saturated heterocycles. The van der Waals surface area contributed by atoms with Gasteiger partial charge in [-0.15, -0.1) is 0 Å². The third-order valence-corrected chi connectivity index (χ3v) is 3.99. The summed E-state index contributed by atoms with van der Waals surface area (Å²) in [5.41, 5.74) is 0. The van der Waals surface area contributed by atoms with E-state index in [9.17, 15) is 4.79 Å². The average Bonchev–Trinajstić information content (AvgIpc) is 2.50. The van der Waals surface area contributed by atoms with Crippen molar-refractivity contribution in [1.82, 2.24) is 0 Å². The van der Waals surface area contributed by atoms with Gasteiger partial charge in [-0.25, -0.2) is 0 Å². The minimum absolute atomic E-state index is 0. The van der Waals surface area contributed by atoms with Crippen molar-refractivity contribution in [2.45, 2.75) is 110 Å². The molecule has 0 aromatic rings. The van der Waals surface area contributed by atoms with Crippen LogP contribution in [0.25, 0.3) is 0 Å². The van der Waals surface area contributed by atoms with E-state index in [2.05, 4.69) is 6.92 Å². The van der Waals surface area contributed by atoms with Crippen molar-refractivity contribution in [1.29, 1.82) is 0 Å². The molecule has 8 heteroatoms. The molecule has 0 unspecified atom stereocenters. The molecule has 156 valence electrons. The molecule has 0 heterocycles. The molecule has 0 aliphatic heterocycles. The van der Waals surface area contributed by atoms with Gasteiger partial charge >= 0.3 is 79.6 Å². The number of unbranched alkanes of at least 4 members (excludes halogenated alkanes) is 14. The molecule has 26 heavy (non-hydrogen) atoms. The maximum absolute atomic E-state index is 10.3. The van der Waals surface area contributed by atoms with Crippen molar-refractivity contribution in [2.24, 2.45) is 0 Å². The van der Waals surface area contributed by atoms with Gasteiger partial charge in [-0.05, 0) is 6.42 Å². The first-order chi connectivity index (χ1) is 11.5. The van der Waals surface area contributed by atoms with Gasteiger partial charge in [-0.3, -0.25) is 4.79 Å². The Balaban J connectivity index is -0.000000363. The van der Waals surface area contributed by atoms with Crippen molar-refractivity contribution in [3.05, 3.63) is 0 Å². The van der Waals surface area contributed by atoms with E-state index in [4.69, 9.17) is 19.8 Å². The summed E-state index contributed by atoms with van der Waals surface area (Å²) in [6, 6.07) is 0. The number of hydrogen-bond acceptors (Lipinski definition) is 4. The average molecular weight is 618 g/mol. The zero-order valence-electron chi connectivity index (χ0n) is 16.2. The molecule has 0 bridgehead atoms. The van der Waals surface area contributed by atoms with Crippen molar-refractivity contribution in [3.8, 4) is 0 Å². The van der Waals surface area contributed by atoms with Crippen LogP contribution in [-0.2, 0) is 4.79 Å². The van der Waals surface area contributed by atoms with E-state index in [1.807, 2.05) is 0 Å². The van der Waals surface area contributed by atoms with E-state index in [1.165, 1.54) is 83.5 Å². The van der Waals surface area contributed by atoms with Crippen molar-refractivity contribution in [3.63, 3.8) is 0 Å². The SMILES string of the molecule is CCCCCCCCCCCCCCCCCC(=O)O.OP(O)O.[CaH2].[PbH2]. The zero-order valence-corrected chi connectivity index (χ0v) is 22.6. The van der Waals surface area contributed by atoms with Crippen LogP contribution in [0.2, 0.25) is 0 Å². The van der Waals surface area contributed by atoms with E-state index in [0.717, 1.165) is 12.8 Å². The van der Waals surface area contributed by atoms with Gasteiger partial charge in [0.05, 0.1) is 0 Å². The molecule has 0 saturated carbocycles. The first-order valence-electron chi connectivity index (χ1n) is 9.59. The van der Waals surface area contributed by atoms with Crippen molar-refractivity contribution in [2.75, 3.05) is 0 Å². The number of carbonyl (C=O) groups is 1. The Hall–Kier alpha value is 1.96. The Morgan fingerprint density at radius 3 is 1.12 bits per heavy atom. The van der Waals surface area contributed by atoms with E-state index >= 15 is 0 Å². The molecule has 5 nitrogen and oxygen atoms in total. The van der Waals surface area contributed by atoms with Crippen LogP contribution in [0.5, 0.6) is 0 Å². The quantitative estimate of drug-likeness (QED) is 0.120. The second kappa shape index (κ2) is 31.7. The van der Waals surface area contributed by atoms with Gasteiger partial charge in [0.2, 0.25) is 0 Å². The summed E-state index contributed by atoms with van der Waals surface area (Å²) >= 11 is 0. The van der Waals surface area contributed by atoms with E-state index in [-0.39, 0.29) is 65.0 Å². The fourth-order valence-corrected chi connectivity index (χ4v) is 2.65. The summed E-state index contributed by atoms with van der Waals surface area (Å²) < 4.78 is 0. The van der Waals surface area contributed by atoms with Gasteiger partial charge in [0.1, 0.15) is 0 Å². The summed E-state index contributed by atoms with van der Waals surface area (Å²) in [7, 11) is -2.62. The monoisotopic (exact) mass is 618 g/mol. The van der Waals surface area contributed by atoms with Crippen LogP contribution < -0.4 is 0 Å². The molecular formula is C18H43CaO5PPb. The van der Waals surface area contributed by atoms with Gasteiger partial charge in [-0.1, -0.05) is 96.8 Å². The molecule has 0 fully saturated rings. The normalized spacial score (nSPS) is 9.73. The molecule has 0 rings (SSSR count). The van der Waals surface area contributed by atoms with Gasteiger partial charge < -0.3 is 19.8 Å². The summed E-state index contributed by atoms with van der Waals surface area (Å²) in [6.45, 7) is 2.27. The molecule has 0 aromatic heterocycles.